The van der Waals surface area contributed by atoms with E-state index in [0.29, 0.717) is 37.2 Å². The number of benzene rings is 1. The number of rotatable bonds is 4. The molecule has 1 saturated heterocycles. The lowest BCUT2D eigenvalue weighted by Gasteiger charge is -2.20. The number of hydrogen-bond acceptors (Lipinski definition) is 6. The summed E-state index contributed by atoms with van der Waals surface area (Å²) < 4.78 is 11.1. The van der Waals surface area contributed by atoms with Crippen molar-refractivity contribution in [3.8, 4) is 5.75 Å². The summed E-state index contributed by atoms with van der Waals surface area (Å²) in [7, 11) is 0. The van der Waals surface area contributed by atoms with Crippen molar-refractivity contribution in [3.05, 3.63) is 42.1 Å². The van der Waals surface area contributed by atoms with Crippen LogP contribution in [0.15, 0.2) is 34.7 Å². The Labute approximate surface area is 147 Å². The molecule has 25 heavy (non-hydrogen) atoms. The Bertz CT molecular complexity index is 687. The van der Waals surface area contributed by atoms with Crippen LogP contribution >= 0.6 is 0 Å². The van der Waals surface area contributed by atoms with E-state index in [2.05, 4.69) is 15.1 Å². The molecule has 3 rings (SSSR count). The molecule has 1 aromatic heterocycles. The van der Waals surface area contributed by atoms with Crippen LogP contribution in [0, 0.1) is 0 Å². The highest BCUT2D eigenvalue weighted by atomic mass is 16.6. The first-order chi connectivity index (χ1) is 12.1. The highest BCUT2D eigenvalue weighted by Crippen LogP contribution is 2.15. The smallest absolute Gasteiger partial charge is 0.415 e. The van der Waals surface area contributed by atoms with Gasteiger partial charge in [0.05, 0.1) is 6.54 Å². The second-order valence-corrected chi connectivity index (χ2v) is 6.49. The SMILES string of the molecule is CC(C)c1nnc(CN2CCCN(C(=O)Oc3ccccc3)CC2)o1. The Morgan fingerprint density at radius 1 is 1.16 bits per heavy atom. The minimum atomic E-state index is -0.298. The number of carbonyl (C=O) groups is 1. The first kappa shape index (κ1) is 17.4. The molecule has 1 amide bonds. The largest absolute Gasteiger partial charge is 0.424 e. The monoisotopic (exact) mass is 344 g/mol. The molecule has 1 aliphatic rings. The van der Waals surface area contributed by atoms with E-state index in [4.69, 9.17) is 9.15 Å². The fourth-order valence-electron chi connectivity index (χ4n) is 2.72. The van der Waals surface area contributed by atoms with Crippen molar-refractivity contribution in [2.75, 3.05) is 26.2 Å². The molecule has 0 aliphatic carbocycles. The van der Waals surface area contributed by atoms with Crippen LogP contribution in [0.1, 0.15) is 38.0 Å². The average molecular weight is 344 g/mol. The summed E-state index contributed by atoms with van der Waals surface area (Å²) in [5.74, 6) is 2.09. The van der Waals surface area contributed by atoms with Crippen molar-refractivity contribution in [3.63, 3.8) is 0 Å². The Morgan fingerprint density at radius 3 is 2.68 bits per heavy atom. The summed E-state index contributed by atoms with van der Waals surface area (Å²) in [6, 6.07) is 9.16. The molecule has 1 fully saturated rings. The number of nitrogens with zero attached hydrogens (tertiary/aromatic N) is 4. The van der Waals surface area contributed by atoms with Gasteiger partial charge in [-0.05, 0) is 18.6 Å². The first-order valence-corrected chi connectivity index (χ1v) is 8.68. The van der Waals surface area contributed by atoms with Crippen LogP contribution in [0.4, 0.5) is 4.79 Å². The van der Waals surface area contributed by atoms with E-state index in [-0.39, 0.29) is 12.0 Å². The van der Waals surface area contributed by atoms with E-state index in [1.807, 2.05) is 32.0 Å². The number of hydrogen-bond donors (Lipinski definition) is 0. The molecule has 0 bridgehead atoms. The molecule has 7 nitrogen and oxygen atoms in total. The van der Waals surface area contributed by atoms with E-state index in [9.17, 15) is 4.79 Å². The van der Waals surface area contributed by atoms with E-state index in [1.165, 1.54) is 0 Å². The van der Waals surface area contributed by atoms with Gasteiger partial charge in [-0.25, -0.2) is 4.79 Å². The molecule has 0 saturated carbocycles. The van der Waals surface area contributed by atoms with Crippen LogP contribution < -0.4 is 4.74 Å². The second-order valence-electron chi connectivity index (χ2n) is 6.49. The lowest BCUT2D eigenvalue weighted by molar-refractivity contribution is 0.152. The van der Waals surface area contributed by atoms with Crippen molar-refractivity contribution in [2.24, 2.45) is 0 Å². The van der Waals surface area contributed by atoms with Gasteiger partial charge in [0, 0.05) is 32.1 Å². The predicted octanol–water partition coefficient (Wildman–Crippen LogP) is 2.90. The van der Waals surface area contributed by atoms with Crippen molar-refractivity contribution in [1.29, 1.82) is 0 Å². The number of amides is 1. The highest BCUT2D eigenvalue weighted by molar-refractivity contribution is 5.70. The number of carbonyl (C=O) groups excluding carboxylic acids is 1. The van der Waals surface area contributed by atoms with Crippen LogP contribution in [0.2, 0.25) is 0 Å². The zero-order chi connectivity index (χ0) is 17.6. The van der Waals surface area contributed by atoms with Crippen LogP contribution in [0.5, 0.6) is 5.75 Å². The van der Waals surface area contributed by atoms with E-state index in [1.54, 1.807) is 17.0 Å². The van der Waals surface area contributed by atoms with Gasteiger partial charge in [-0.3, -0.25) is 4.90 Å². The van der Waals surface area contributed by atoms with Crippen LogP contribution in [0.25, 0.3) is 0 Å². The van der Waals surface area contributed by atoms with Gasteiger partial charge in [0.25, 0.3) is 0 Å². The molecular formula is C18H24N4O3. The quantitative estimate of drug-likeness (QED) is 0.849. The first-order valence-electron chi connectivity index (χ1n) is 8.68. The summed E-state index contributed by atoms with van der Waals surface area (Å²) >= 11 is 0. The zero-order valence-corrected chi connectivity index (χ0v) is 14.7. The molecule has 2 heterocycles. The zero-order valence-electron chi connectivity index (χ0n) is 14.7. The summed E-state index contributed by atoms with van der Waals surface area (Å²) in [5.41, 5.74) is 0. The molecule has 0 spiro atoms. The van der Waals surface area contributed by atoms with Crippen molar-refractivity contribution in [1.82, 2.24) is 20.0 Å². The lowest BCUT2D eigenvalue weighted by Crippen LogP contribution is -2.37. The van der Waals surface area contributed by atoms with Crippen LogP contribution in [-0.2, 0) is 6.54 Å². The molecule has 7 heteroatoms. The van der Waals surface area contributed by atoms with E-state index in [0.717, 1.165) is 19.5 Å². The molecule has 2 aromatic rings. The van der Waals surface area contributed by atoms with Gasteiger partial charge in [0.1, 0.15) is 5.75 Å². The molecular weight excluding hydrogens is 320 g/mol. The van der Waals surface area contributed by atoms with Crippen molar-refractivity contribution >= 4 is 6.09 Å². The van der Waals surface area contributed by atoms with Crippen LogP contribution in [-0.4, -0.2) is 52.3 Å². The van der Waals surface area contributed by atoms with E-state index >= 15 is 0 Å². The van der Waals surface area contributed by atoms with E-state index < -0.39 is 0 Å². The Balaban J connectivity index is 1.52. The number of para-hydroxylation sites is 1. The molecule has 0 atom stereocenters. The maximum atomic E-state index is 12.3. The number of ether oxygens (including phenoxy) is 1. The highest BCUT2D eigenvalue weighted by Gasteiger charge is 2.22. The van der Waals surface area contributed by atoms with Gasteiger partial charge in [0.15, 0.2) is 0 Å². The van der Waals surface area contributed by atoms with Gasteiger partial charge < -0.3 is 14.1 Å². The van der Waals surface area contributed by atoms with Gasteiger partial charge >= 0.3 is 6.09 Å². The maximum absolute atomic E-state index is 12.3. The van der Waals surface area contributed by atoms with Gasteiger partial charge in [-0.2, -0.15) is 0 Å². The predicted molar refractivity (Wildman–Crippen MR) is 92.3 cm³/mol. The minimum absolute atomic E-state index is 0.230. The molecule has 1 aliphatic heterocycles. The van der Waals surface area contributed by atoms with Crippen molar-refractivity contribution < 1.29 is 13.9 Å². The molecule has 0 unspecified atom stereocenters. The standard InChI is InChI=1S/C18H24N4O3/c1-14(2)17-20-19-16(25-17)13-21-9-6-10-22(12-11-21)18(23)24-15-7-4-3-5-8-15/h3-5,7-8,14H,6,9-13H2,1-2H3. The normalized spacial score (nSPS) is 16.0. The van der Waals surface area contributed by atoms with Gasteiger partial charge in [-0.1, -0.05) is 32.0 Å². The summed E-state index contributed by atoms with van der Waals surface area (Å²) in [4.78, 5) is 16.3. The Kier molecular flexibility index (Phi) is 5.65. The average Bonchev–Trinajstić information content (AvgIpc) is 2.94. The molecule has 134 valence electrons. The molecule has 0 radical (unpaired) electrons. The third kappa shape index (κ3) is 4.79. The molecule has 0 N–H and O–H groups in total. The van der Waals surface area contributed by atoms with Gasteiger partial charge in [-0.15, -0.1) is 10.2 Å². The summed E-state index contributed by atoms with van der Waals surface area (Å²) in [6.07, 6.45) is 0.586. The fourth-order valence-corrected chi connectivity index (χ4v) is 2.72. The summed E-state index contributed by atoms with van der Waals surface area (Å²) in [5, 5.41) is 8.18. The second kappa shape index (κ2) is 8.11. The fraction of sp³-hybridized carbons (Fsp3) is 0.500. The topological polar surface area (TPSA) is 71.7 Å². The Morgan fingerprint density at radius 2 is 1.96 bits per heavy atom. The van der Waals surface area contributed by atoms with Gasteiger partial charge in [0.2, 0.25) is 11.8 Å². The lowest BCUT2D eigenvalue weighted by atomic mass is 10.2. The summed E-state index contributed by atoms with van der Waals surface area (Å²) in [6.45, 7) is 7.61. The minimum Gasteiger partial charge on any atom is -0.424 e. The maximum Gasteiger partial charge on any atom is 0.415 e. The van der Waals surface area contributed by atoms with Crippen molar-refractivity contribution in [2.45, 2.75) is 32.7 Å². The molecule has 1 aromatic carbocycles. The Hall–Kier alpha value is -2.41. The number of aromatic nitrogens is 2. The third-order valence-corrected chi connectivity index (χ3v) is 4.13. The van der Waals surface area contributed by atoms with Crippen LogP contribution in [0.3, 0.4) is 0 Å². The third-order valence-electron chi connectivity index (χ3n) is 4.13.